The Kier molecular flexibility index (Phi) is 4.12. The topological polar surface area (TPSA) is 17.1 Å². The van der Waals surface area contributed by atoms with Crippen molar-refractivity contribution >= 4 is 5.78 Å². The van der Waals surface area contributed by atoms with Crippen LogP contribution in [0.3, 0.4) is 0 Å². The van der Waals surface area contributed by atoms with Crippen LogP contribution < -0.4 is 24.0 Å². The fraction of sp³-hybridized carbons (Fsp3) is 0.462. The first-order chi connectivity index (χ1) is 6.97. The number of halogens is 1. The zero-order valence-electron chi connectivity index (χ0n) is 10.0. The van der Waals surface area contributed by atoms with E-state index in [1.165, 1.54) is 5.56 Å². The van der Waals surface area contributed by atoms with Crippen LogP contribution in [-0.2, 0) is 6.42 Å². The second-order valence-electron chi connectivity index (χ2n) is 5.40. The molecule has 0 heterocycles. The molecule has 2 rings (SSSR count). The van der Waals surface area contributed by atoms with Gasteiger partial charge in [0.25, 0.3) is 0 Å². The van der Waals surface area contributed by atoms with E-state index in [4.69, 9.17) is 0 Å². The fourth-order valence-electron chi connectivity index (χ4n) is 2.33. The van der Waals surface area contributed by atoms with Crippen molar-refractivity contribution in [2.24, 2.45) is 5.92 Å². The van der Waals surface area contributed by atoms with Crippen LogP contribution in [-0.4, -0.2) is 38.0 Å². The molecule has 0 spiro atoms. The van der Waals surface area contributed by atoms with Crippen molar-refractivity contribution in [3.05, 3.63) is 35.4 Å². The second kappa shape index (κ2) is 4.84. The van der Waals surface area contributed by atoms with Gasteiger partial charge in [-0.1, -0.05) is 24.3 Å². The average molecular weight is 331 g/mol. The van der Waals surface area contributed by atoms with Crippen LogP contribution in [0.2, 0.25) is 0 Å². The van der Waals surface area contributed by atoms with Gasteiger partial charge in [0.05, 0.1) is 33.6 Å². The second-order valence-corrected chi connectivity index (χ2v) is 5.40. The van der Waals surface area contributed by atoms with Gasteiger partial charge in [-0.25, -0.2) is 0 Å². The summed E-state index contributed by atoms with van der Waals surface area (Å²) in [7, 11) is 6.41. The Morgan fingerprint density at radius 2 is 1.88 bits per heavy atom. The molecular formula is C13H18INO. The number of carbonyl (C=O) groups excluding carboxylic acids is 1. The molecule has 0 bridgehead atoms. The van der Waals surface area contributed by atoms with Gasteiger partial charge in [-0.2, -0.15) is 0 Å². The van der Waals surface area contributed by atoms with Crippen molar-refractivity contribution in [1.82, 2.24) is 0 Å². The van der Waals surface area contributed by atoms with Gasteiger partial charge in [0.2, 0.25) is 0 Å². The van der Waals surface area contributed by atoms with E-state index in [0.717, 1.165) is 23.0 Å². The van der Waals surface area contributed by atoms with Gasteiger partial charge in [-0.05, 0) is 12.0 Å². The normalized spacial score (nSPS) is 19.2. The van der Waals surface area contributed by atoms with Crippen LogP contribution >= 0.6 is 0 Å². The zero-order valence-corrected chi connectivity index (χ0v) is 12.2. The third-order valence-electron chi connectivity index (χ3n) is 2.89. The first-order valence-electron chi connectivity index (χ1n) is 5.40. The predicted molar refractivity (Wildman–Crippen MR) is 60.9 cm³/mol. The Morgan fingerprint density at radius 3 is 2.44 bits per heavy atom. The fourth-order valence-corrected chi connectivity index (χ4v) is 2.33. The highest BCUT2D eigenvalue weighted by Crippen LogP contribution is 2.27. The lowest BCUT2D eigenvalue weighted by molar-refractivity contribution is -0.872. The summed E-state index contributed by atoms with van der Waals surface area (Å²) < 4.78 is 0.852. The first-order valence-corrected chi connectivity index (χ1v) is 5.40. The molecule has 3 heteroatoms. The molecule has 88 valence electrons. The summed E-state index contributed by atoms with van der Waals surface area (Å²) in [6, 6.07) is 7.99. The van der Waals surface area contributed by atoms with Gasteiger partial charge in [0.15, 0.2) is 5.78 Å². The highest BCUT2D eigenvalue weighted by Gasteiger charge is 2.33. The van der Waals surface area contributed by atoms with Crippen LogP contribution in [0, 0.1) is 5.92 Å². The minimum Gasteiger partial charge on any atom is -1.00 e. The van der Waals surface area contributed by atoms with E-state index in [1.807, 2.05) is 18.2 Å². The van der Waals surface area contributed by atoms with Gasteiger partial charge in [-0.15, -0.1) is 0 Å². The van der Waals surface area contributed by atoms with E-state index in [9.17, 15) is 4.79 Å². The van der Waals surface area contributed by atoms with Crippen LogP contribution in [0.1, 0.15) is 15.9 Å². The van der Waals surface area contributed by atoms with Crippen LogP contribution in [0.15, 0.2) is 24.3 Å². The number of quaternary nitrogens is 1. The molecule has 0 saturated carbocycles. The van der Waals surface area contributed by atoms with E-state index in [0.29, 0.717) is 5.78 Å². The van der Waals surface area contributed by atoms with Crippen LogP contribution in [0.5, 0.6) is 0 Å². The number of ketones is 1. The minimum absolute atomic E-state index is 0. The number of nitrogens with zero attached hydrogens (tertiary/aromatic N) is 1. The summed E-state index contributed by atoms with van der Waals surface area (Å²) >= 11 is 0. The molecule has 0 N–H and O–H groups in total. The molecule has 1 unspecified atom stereocenters. The van der Waals surface area contributed by atoms with Crippen molar-refractivity contribution in [3.63, 3.8) is 0 Å². The van der Waals surface area contributed by atoms with Crippen LogP contribution in [0.25, 0.3) is 0 Å². The number of hydrogen-bond acceptors (Lipinski definition) is 1. The number of hydrogen-bond donors (Lipinski definition) is 0. The summed E-state index contributed by atoms with van der Waals surface area (Å²) in [6.07, 6.45) is 0.921. The SMILES string of the molecule is C[N+](C)(C)CC1Cc2ccccc2C1=O.[I-]. The molecule has 1 aliphatic carbocycles. The third-order valence-corrected chi connectivity index (χ3v) is 2.89. The lowest BCUT2D eigenvalue weighted by Gasteiger charge is -2.26. The quantitative estimate of drug-likeness (QED) is 0.489. The third kappa shape index (κ3) is 2.83. The molecule has 0 aromatic heterocycles. The molecule has 1 atom stereocenters. The summed E-state index contributed by atoms with van der Waals surface area (Å²) in [6.45, 7) is 0.924. The number of carbonyl (C=O) groups is 1. The highest BCUT2D eigenvalue weighted by atomic mass is 127. The van der Waals surface area contributed by atoms with Gasteiger partial charge < -0.3 is 28.5 Å². The molecule has 1 aliphatic rings. The Morgan fingerprint density at radius 1 is 1.25 bits per heavy atom. The van der Waals surface area contributed by atoms with E-state index < -0.39 is 0 Å². The van der Waals surface area contributed by atoms with E-state index in [-0.39, 0.29) is 29.9 Å². The monoisotopic (exact) mass is 331 g/mol. The van der Waals surface area contributed by atoms with E-state index in [2.05, 4.69) is 27.2 Å². The molecule has 0 saturated heterocycles. The molecule has 16 heavy (non-hydrogen) atoms. The van der Waals surface area contributed by atoms with E-state index >= 15 is 0 Å². The number of Topliss-reactive ketones (excluding diaryl/α,β-unsaturated/α-hetero) is 1. The first kappa shape index (κ1) is 13.6. The molecule has 0 amide bonds. The highest BCUT2D eigenvalue weighted by molar-refractivity contribution is 6.02. The maximum Gasteiger partial charge on any atom is 0.172 e. The van der Waals surface area contributed by atoms with Gasteiger partial charge in [-0.3, -0.25) is 4.79 Å². The van der Waals surface area contributed by atoms with Crippen molar-refractivity contribution in [2.75, 3.05) is 27.7 Å². The summed E-state index contributed by atoms with van der Waals surface area (Å²) in [5.41, 5.74) is 2.16. The lowest BCUT2D eigenvalue weighted by atomic mass is 10.0. The maximum absolute atomic E-state index is 12.1. The number of rotatable bonds is 2. The molecular weight excluding hydrogens is 313 g/mol. The molecule has 0 radical (unpaired) electrons. The van der Waals surface area contributed by atoms with E-state index in [1.54, 1.807) is 0 Å². The standard InChI is InChI=1S/C13H18NO.HI/c1-14(2,3)9-11-8-10-6-4-5-7-12(10)13(11)15;/h4-7,11H,8-9H2,1-3H3;1H/q+1;/p-1. The summed E-state index contributed by atoms with van der Waals surface area (Å²) in [5, 5.41) is 0. The Hall–Kier alpha value is -0.420. The Labute approximate surface area is 114 Å². The van der Waals surface area contributed by atoms with Gasteiger partial charge in [0, 0.05) is 5.56 Å². The average Bonchev–Trinajstić information content (AvgIpc) is 2.42. The largest absolute Gasteiger partial charge is 1.00 e. The van der Waals surface area contributed by atoms with Gasteiger partial charge in [0.1, 0.15) is 0 Å². The lowest BCUT2D eigenvalue weighted by Crippen LogP contribution is -3.00. The van der Waals surface area contributed by atoms with Crippen molar-refractivity contribution in [2.45, 2.75) is 6.42 Å². The van der Waals surface area contributed by atoms with Gasteiger partial charge >= 0.3 is 0 Å². The Bertz CT molecular complexity index is 395. The number of fused-ring (bicyclic) bond motifs is 1. The minimum atomic E-state index is 0. The van der Waals surface area contributed by atoms with Crippen molar-refractivity contribution in [3.8, 4) is 0 Å². The Balaban J connectivity index is 0.00000128. The summed E-state index contributed by atoms with van der Waals surface area (Å²) in [5.74, 6) is 0.515. The predicted octanol–water partition coefficient (Wildman–Crippen LogP) is -1.25. The maximum atomic E-state index is 12.1. The molecule has 1 aromatic carbocycles. The van der Waals surface area contributed by atoms with Crippen molar-refractivity contribution < 1.29 is 33.3 Å². The zero-order chi connectivity index (χ0) is 11.1. The summed E-state index contributed by atoms with van der Waals surface area (Å²) in [4.78, 5) is 12.1. The molecule has 2 nitrogen and oxygen atoms in total. The van der Waals surface area contributed by atoms with Crippen LogP contribution in [0.4, 0.5) is 0 Å². The van der Waals surface area contributed by atoms with Crippen molar-refractivity contribution in [1.29, 1.82) is 0 Å². The number of benzene rings is 1. The smallest absolute Gasteiger partial charge is 0.172 e. The molecule has 1 aromatic rings. The molecule has 0 aliphatic heterocycles. The molecule has 0 fully saturated rings.